The van der Waals surface area contributed by atoms with Crippen molar-refractivity contribution in [1.82, 2.24) is 15.1 Å². The second kappa shape index (κ2) is 6.46. The summed E-state index contributed by atoms with van der Waals surface area (Å²) >= 11 is 12.1. The Bertz CT molecular complexity index is 926. The van der Waals surface area contributed by atoms with Gasteiger partial charge < -0.3 is 15.6 Å². The van der Waals surface area contributed by atoms with E-state index in [2.05, 4.69) is 20.4 Å². The molecule has 0 radical (unpaired) electrons. The Hall–Kier alpha value is -2.64. The fourth-order valence-electron chi connectivity index (χ4n) is 2.04. The van der Waals surface area contributed by atoms with Crippen molar-refractivity contribution in [2.24, 2.45) is 0 Å². The highest BCUT2D eigenvalue weighted by Gasteiger charge is 2.16. The average Bonchev–Trinajstić information content (AvgIpc) is 2.96. The minimum atomic E-state index is -0.420. The zero-order valence-electron chi connectivity index (χ0n) is 12.4. The van der Waals surface area contributed by atoms with Gasteiger partial charge >= 0.3 is 0 Å². The molecule has 1 amide bonds. The summed E-state index contributed by atoms with van der Waals surface area (Å²) in [4.78, 5) is 20.5. The topological polar surface area (TPSA) is 107 Å². The van der Waals surface area contributed by atoms with E-state index < -0.39 is 5.91 Å². The molecule has 0 aliphatic carbocycles. The minimum Gasteiger partial charge on any atom is -0.382 e. The van der Waals surface area contributed by atoms with Crippen molar-refractivity contribution in [2.45, 2.75) is 6.92 Å². The monoisotopic (exact) mass is 363 g/mol. The Morgan fingerprint density at radius 3 is 2.79 bits per heavy atom. The molecule has 1 aromatic carbocycles. The summed E-state index contributed by atoms with van der Waals surface area (Å²) in [5.74, 6) is -0.116. The highest BCUT2D eigenvalue weighted by molar-refractivity contribution is 6.35. The summed E-state index contributed by atoms with van der Waals surface area (Å²) in [7, 11) is 0. The van der Waals surface area contributed by atoms with E-state index in [-0.39, 0.29) is 11.6 Å². The molecule has 2 aromatic heterocycles. The predicted molar refractivity (Wildman–Crippen MR) is 91.1 cm³/mol. The Balaban J connectivity index is 1.89. The van der Waals surface area contributed by atoms with E-state index >= 15 is 0 Å². The summed E-state index contributed by atoms with van der Waals surface area (Å²) in [5, 5.41) is 7.16. The van der Waals surface area contributed by atoms with Gasteiger partial charge in [0.15, 0.2) is 11.6 Å². The van der Waals surface area contributed by atoms with Crippen molar-refractivity contribution >= 4 is 40.7 Å². The maximum absolute atomic E-state index is 12.1. The van der Waals surface area contributed by atoms with Gasteiger partial charge in [-0.05, 0) is 25.1 Å². The van der Waals surface area contributed by atoms with Crippen molar-refractivity contribution in [1.29, 1.82) is 0 Å². The van der Waals surface area contributed by atoms with Crippen LogP contribution in [-0.4, -0.2) is 21.0 Å². The van der Waals surface area contributed by atoms with Crippen LogP contribution < -0.4 is 11.1 Å². The number of carbonyl (C=O) groups excluding carboxylic acids is 1. The Labute approximate surface area is 146 Å². The van der Waals surface area contributed by atoms with Crippen LogP contribution >= 0.6 is 23.2 Å². The summed E-state index contributed by atoms with van der Waals surface area (Å²) in [6.45, 7) is 1.66. The van der Waals surface area contributed by atoms with Gasteiger partial charge in [0, 0.05) is 10.6 Å². The molecule has 0 unspecified atom stereocenters. The smallest absolute Gasteiger partial charge is 0.262 e. The number of hydrogen-bond acceptors (Lipinski definition) is 6. The number of anilines is 2. The zero-order chi connectivity index (χ0) is 17.3. The van der Waals surface area contributed by atoms with Gasteiger partial charge in [-0.3, -0.25) is 4.79 Å². The third-order valence-corrected chi connectivity index (χ3v) is 3.78. The van der Waals surface area contributed by atoms with Crippen LogP contribution in [-0.2, 0) is 0 Å². The van der Waals surface area contributed by atoms with Crippen LogP contribution in [0.3, 0.4) is 0 Å². The normalized spacial score (nSPS) is 10.6. The van der Waals surface area contributed by atoms with Gasteiger partial charge in [-0.15, -0.1) is 0 Å². The molecule has 3 aromatic rings. The van der Waals surface area contributed by atoms with E-state index in [9.17, 15) is 4.79 Å². The molecule has 0 bridgehead atoms. The first-order valence-electron chi connectivity index (χ1n) is 6.76. The Morgan fingerprint density at radius 1 is 1.33 bits per heavy atom. The molecule has 0 saturated carbocycles. The molecule has 7 nitrogen and oxygen atoms in total. The molecule has 3 rings (SSSR count). The third kappa shape index (κ3) is 3.17. The van der Waals surface area contributed by atoms with E-state index in [1.54, 1.807) is 25.1 Å². The van der Waals surface area contributed by atoms with Crippen LogP contribution in [0.2, 0.25) is 10.0 Å². The van der Waals surface area contributed by atoms with Gasteiger partial charge in [0.25, 0.3) is 5.91 Å². The van der Waals surface area contributed by atoms with Gasteiger partial charge in [-0.25, -0.2) is 9.97 Å². The van der Waals surface area contributed by atoms with Crippen molar-refractivity contribution < 1.29 is 9.32 Å². The number of rotatable bonds is 3. The van der Waals surface area contributed by atoms with Crippen LogP contribution in [0.15, 0.2) is 35.2 Å². The van der Waals surface area contributed by atoms with Gasteiger partial charge in [0.1, 0.15) is 17.5 Å². The highest BCUT2D eigenvalue weighted by atomic mass is 35.5. The third-order valence-electron chi connectivity index (χ3n) is 3.22. The summed E-state index contributed by atoms with van der Waals surface area (Å²) in [5.41, 5.74) is 7.64. The van der Waals surface area contributed by atoms with Gasteiger partial charge in [-0.2, -0.15) is 0 Å². The number of nitrogens with one attached hydrogen (secondary N) is 1. The number of nitrogens with zero attached hydrogens (tertiary/aromatic N) is 3. The molecule has 122 valence electrons. The largest absolute Gasteiger partial charge is 0.382 e. The molecule has 9 heteroatoms. The maximum atomic E-state index is 12.1. The molecule has 0 fully saturated rings. The number of nitrogens with two attached hydrogens (primary N) is 1. The molecule has 0 atom stereocenters. The number of nitrogen functional groups attached to an aromatic ring is 1. The van der Waals surface area contributed by atoms with Crippen molar-refractivity contribution in [3.63, 3.8) is 0 Å². The SMILES string of the molecule is Cc1nocc1C(=O)Nc1cnc(-c2cc(Cl)ccc2Cl)c(N)n1. The number of benzene rings is 1. The van der Waals surface area contributed by atoms with Crippen molar-refractivity contribution in [2.75, 3.05) is 11.1 Å². The maximum Gasteiger partial charge on any atom is 0.262 e. The molecule has 0 aliphatic heterocycles. The quantitative estimate of drug-likeness (QED) is 0.736. The number of amides is 1. The average molecular weight is 364 g/mol. The predicted octanol–water partition coefficient (Wildman–Crippen LogP) is 3.58. The summed E-state index contributed by atoms with van der Waals surface area (Å²) in [6, 6.07) is 4.95. The first-order chi connectivity index (χ1) is 11.5. The van der Waals surface area contributed by atoms with Crippen LogP contribution in [0.1, 0.15) is 16.1 Å². The second-order valence-electron chi connectivity index (χ2n) is 4.88. The van der Waals surface area contributed by atoms with Crippen molar-refractivity contribution in [3.8, 4) is 11.3 Å². The number of halogens is 2. The van der Waals surface area contributed by atoms with Crippen LogP contribution in [0.25, 0.3) is 11.3 Å². The lowest BCUT2D eigenvalue weighted by molar-refractivity contribution is 0.102. The molecule has 2 heterocycles. The Kier molecular flexibility index (Phi) is 4.37. The van der Waals surface area contributed by atoms with Gasteiger partial charge in [-0.1, -0.05) is 28.4 Å². The van der Waals surface area contributed by atoms with E-state index in [0.29, 0.717) is 32.6 Å². The highest BCUT2D eigenvalue weighted by Crippen LogP contribution is 2.32. The van der Waals surface area contributed by atoms with Gasteiger partial charge in [0.05, 0.1) is 16.9 Å². The summed E-state index contributed by atoms with van der Waals surface area (Å²) < 4.78 is 4.73. The van der Waals surface area contributed by atoms with E-state index in [1.165, 1.54) is 12.5 Å². The molecular formula is C15H11Cl2N5O2. The van der Waals surface area contributed by atoms with Crippen LogP contribution in [0.4, 0.5) is 11.6 Å². The number of aromatic nitrogens is 3. The second-order valence-corrected chi connectivity index (χ2v) is 5.72. The molecular weight excluding hydrogens is 353 g/mol. The lowest BCUT2D eigenvalue weighted by Gasteiger charge is -2.09. The number of aryl methyl sites for hydroxylation is 1. The summed E-state index contributed by atoms with van der Waals surface area (Å²) in [6.07, 6.45) is 2.63. The van der Waals surface area contributed by atoms with E-state index in [1.807, 2.05) is 0 Å². The van der Waals surface area contributed by atoms with Gasteiger partial charge in [0.2, 0.25) is 0 Å². The molecule has 0 saturated heterocycles. The van der Waals surface area contributed by atoms with Crippen LogP contribution in [0.5, 0.6) is 0 Å². The molecule has 0 aliphatic rings. The first kappa shape index (κ1) is 16.2. The molecule has 0 spiro atoms. The standard InChI is InChI=1S/C15H11Cl2N5O2/c1-7-10(6-24-22-7)15(23)21-12-5-19-13(14(18)20-12)9-4-8(16)2-3-11(9)17/h2-6H,1H3,(H3,18,20,21,23). The fraction of sp³-hybridized carbons (Fsp3) is 0.0667. The first-order valence-corrected chi connectivity index (χ1v) is 7.51. The molecule has 3 N–H and O–H groups in total. The fourth-order valence-corrected chi connectivity index (χ4v) is 2.42. The molecule has 24 heavy (non-hydrogen) atoms. The van der Waals surface area contributed by atoms with Crippen LogP contribution in [0, 0.1) is 6.92 Å². The lowest BCUT2D eigenvalue weighted by atomic mass is 10.1. The van der Waals surface area contributed by atoms with Crippen molar-refractivity contribution in [3.05, 3.63) is 52.0 Å². The lowest BCUT2D eigenvalue weighted by Crippen LogP contribution is -2.14. The minimum absolute atomic E-state index is 0.110. The zero-order valence-corrected chi connectivity index (χ0v) is 13.9. The Morgan fingerprint density at radius 2 is 2.12 bits per heavy atom. The number of hydrogen-bond donors (Lipinski definition) is 2. The van der Waals surface area contributed by atoms with E-state index in [4.69, 9.17) is 33.5 Å². The number of carbonyl (C=O) groups is 1. The van der Waals surface area contributed by atoms with E-state index in [0.717, 1.165) is 0 Å².